The van der Waals surface area contributed by atoms with Gasteiger partial charge in [0.2, 0.25) is 0 Å². The Kier molecular flexibility index (Phi) is 4.37. The summed E-state index contributed by atoms with van der Waals surface area (Å²) in [6, 6.07) is 0.175. The van der Waals surface area contributed by atoms with Gasteiger partial charge >= 0.3 is 6.18 Å². The van der Waals surface area contributed by atoms with Gasteiger partial charge in [-0.2, -0.15) is 18.3 Å². The molecular formula is C13H17BrF3N3O. The van der Waals surface area contributed by atoms with Crippen molar-refractivity contribution in [2.75, 3.05) is 5.32 Å². The summed E-state index contributed by atoms with van der Waals surface area (Å²) in [6.45, 7) is 2.87. The van der Waals surface area contributed by atoms with Gasteiger partial charge in [0.1, 0.15) is 11.0 Å². The SMILES string of the molecule is CC1(C)CCCC1Nc1cnn(CC(F)(F)F)c(=O)c1Br. The molecule has 118 valence electrons. The van der Waals surface area contributed by atoms with Gasteiger partial charge in [0, 0.05) is 6.04 Å². The third kappa shape index (κ3) is 3.78. The smallest absolute Gasteiger partial charge is 0.379 e. The average Bonchev–Trinajstić information content (AvgIpc) is 2.67. The fourth-order valence-electron chi connectivity index (χ4n) is 2.63. The van der Waals surface area contributed by atoms with E-state index in [1.807, 2.05) is 0 Å². The maximum atomic E-state index is 12.4. The van der Waals surface area contributed by atoms with Crippen molar-refractivity contribution >= 4 is 21.6 Å². The number of nitrogens with one attached hydrogen (secondary N) is 1. The molecule has 1 atom stereocenters. The highest BCUT2D eigenvalue weighted by Gasteiger charge is 2.35. The Labute approximate surface area is 128 Å². The van der Waals surface area contributed by atoms with Crippen molar-refractivity contribution in [1.82, 2.24) is 9.78 Å². The van der Waals surface area contributed by atoms with Gasteiger partial charge in [-0.25, -0.2) is 4.68 Å². The minimum atomic E-state index is -4.47. The van der Waals surface area contributed by atoms with E-state index in [2.05, 4.69) is 40.2 Å². The second-order valence-corrected chi connectivity index (χ2v) is 6.82. The highest BCUT2D eigenvalue weighted by Crippen LogP contribution is 2.39. The molecule has 0 bridgehead atoms. The molecule has 0 aliphatic heterocycles. The van der Waals surface area contributed by atoms with Crippen LogP contribution in [0.1, 0.15) is 33.1 Å². The molecule has 0 spiro atoms. The number of alkyl halides is 3. The molecule has 1 aromatic heterocycles. The Morgan fingerprint density at radius 2 is 2.19 bits per heavy atom. The molecule has 1 aromatic rings. The van der Waals surface area contributed by atoms with Crippen LogP contribution in [0.3, 0.4) is 0 Å². The molecule has 1 fully saturated rings. The van der Waals surface area contributed by atoms with Gasteiger partial charge in [-0.3, -0.25) is 4.79 Å². The van der Waals surface area contributed by atoms with E-state index in [1.54, 1.807) is 0 Å². The third-order valence-corrected chi connectivity index (χ3v) is 4.67. The summed E-state index contributed by atoms with van der Waals surface area (Å²) < 4.78 is 37.6. The molecule has 1 heterocycles. The monoisotopic (exact) mass is 367 g/mol. The van der Waals surface area contributed by atoms with E-state index in [1.165, 1.54) is 6.20 Å². The van der Waals surface area contributed by atoms with Gasteiger partial charge in [-0.1, -0.05) is 20.3 Å². The maximum absolute atomic E-state index is 12.4. The lowest BCUT2D eigenvalue weighted by atomic mass is 9.87. The standard InChI is InChI=1S/C13H17BrF3N3O/c1-12(2)5-3-4-9(12)19-8-6-18-20(7-13(15,16)17)11(21)10(8)14/h6,9,19H,3-5,7H2,1-2H3. The minimum Gasteiger partial charge on any atom is -0.379 e. The van der Waals surface area contributed by atoms with Crippen LogP contribution in [0, 0.1) is 5.41 Å². The molecule has 2 rings (SSSR count). The van der Waals surface area contributed by atoms with E-state index in [0.717, 1.165) is 19.3 Å². The number of hydrogen-bond donors (Lipinski definition) is 1. The first-order valence-corrected chi connectivity index (χ1v) is 7.48. The van der Waals surface area contributed by atoms with Crippen molar-refractivity contribution in [3.63, 3.8) is 0 Å². The van der Waals surface area contributed by atoms with Crippen LogP contribution in [0.15, 0.2) is 15.5 Å². The van der Waals surface area contributed by atoms with Crippen molar-refractivity contribution in [3.8, 4) is 0 Å². The normalized spacial score (nSPS) is 21.5. The summed E-state index contributed by atoms with van der Waals surface area (Å²) >= 11 is 3.08. The Hall–Kier alpha value is -1.05. The Morgan fingerprint density at radius 3 is 2.71 bits per heavy atom. The summed E-state index contributed by atoms with van der Waals surface area (Å²) in [5, 5.41) is 6.83. The van der Waals surface area contributed by atoms with Gasteiger partial charge < -0.3 is 5.32 Å². The van der Waals surface area contributed by atoms with Crippen LogP contribution in [-0.2, 0) is 6.54 Å². The lowest BCUT2D eigenvalue weighted by molar-refractivity contribution is -0.143. The van der Waals surface area contributed by atoms with Crippen LogP contribution in [0.4, 0.5) is 18.9 Å². The van der Waals surface area contributed by atoms with Crippen molar-refractivity contribution in [2.45, 2.75) is 51.9 Å². The molecule has 0 radical (unpaired) electrons. The molecule has 0 amide bonds. The first kappa shape index (κ1) is 16.3. The zero-order valence-corrected chi connectivity index (χ0v) is 13.4. The van der Waals surface area contributed by atoms with Crippen LogP contribution < -0.4 is 10.9 Å². The Morgan fingerprint density at radius 1 is 1.52 bits per heavy atom. The fourth-order valence-corrected chi connectivity index (χ4v) is 3.05. The molecule has 21 heavy (non-hydrogen) atoms. The Balaban J connectivity index is 2.23. The first-order valence-electron chi connectivity index (χ1n) is 6.69. The summed E-state index contributed by atoms with van der Waals surface area (Å²) in [4.78, 5) is 11.9. The van der Waals surface area contributed by atoms with Gasteiger partial charge in [-0.15, -0.1) is 0 Å². The molecule has 0 saturated heterocycles. The maximum Gasteiger partial charge on any atom is 0.408 e. The molecule has 1 aliphatic rings. The largest absolute Gasteiger partial charge is 0.408 e. The summed E-state index contributed by atoms with van der Waals surface area (Å²) in [7, 11) is 0. The molecule has 1 unspecified atom stereocenters. The second-order valence-electron chi connectivity index (χ2n) is 6.03. The van der Waals surface area contributed by atoms with Gasteiger partial charge in [0.05, 0.1) is 11.9 Å². The minimum absolute atomic E-state index is 0.0836. The molecule has 1 N–H and O–H groups in total. The fraction of sp³-hybridized carbons (Fsp3) is 0.692. The number of halogens is 4. The molecular weight excluding hydrogens is 351 g/mol. The Bertz CT molecular complexity index is 583. The van der Waals surface area contributed by atoms with Gasteiger partial charge in [-0.05, 0) is 34.2 Å². The van der Waals surface area contributed by atoms with Crippen LogP contribution in [0.25, 0.3) is 0 Å². The first-order chi connectivity index (χ1) is 9.60. The second kappa shape index (κ2) is 5.62. The third-order valence-electron chi connectivity index (χ3n) is 3.90. The number of rotatable bonds is 3. The summed E-state index contributed by atoms with van der Waals surface area (Å²) in [5.41, 5.74) is -0.258. The van der Waals surface area contributed by atoms with Crippen LogP contribution in [0.2, 0.25) is 0 Å². The van der Waals surface area contributed by atoms with Crippen molar-refractivity contribution in [1.29, 1.82) is 0 Å². The molecule has 1 saturated carbocycles. The van der Waals surface area contributed by atoms with Crippen molar-refractivity contribution in [3.05, 3.63) is 21.0 Å². The average molecular weight is 368 g/mol. The zero-order chi connectivity index (χ0) is 15.8. The molecule has 0 aromatic carbocycles. The van der Waals surface area contributed by atoms with E-state index in [4.69, 9.17) is 0 Å². The van der Waals surface area contributed by atoms with Crippen molar-refractivity contribution in [2.24, 2.45) is 5.41 Å². The lowest BCUT2D eigenvalue weighted by Gasteiger charge is -2.29. The number of nitrogens with zero attached hydrogens (tertiary/aromatic N) is 2. The van der Waals surface area contributed by atoms with E-state index < -0.39 is 18.3 Å². The van der Waals surface area contributed by atoms with Crippen molar-refractivity contribution < 1.29 is 13.2 Å². The summed E-state index contributed by atoms with van der Waals surface area (Å²) in [6.07, 6.45) is -0.0862. The predicted molar refractivity (Wildman–Crippen MR) is 77.3 cm³/mol. The van der Waals surface area contributed by atoms with Crippen LogP contribution in [0.5, 0.6) is 0 Å². The topological polar surface area (TPSA) is 46.9 Å². The van der Waals surface area contributed by atoms with Gasteiger partial charge in [0.25, 0.3) is 5.56 Å². The number of anilines is 1. The molecule has 8 heteroatoms. The highest BCUT2D eigenvalue weighted by molar-refractivity contribution is 9.10. The zero-order valence-electron chi connectivity index (χ0n) is 11.8. The van der Waals surface area contributed by atoms with Gasteiger partial charge in [0.15, 0.2) is 0 Å². The number of aromatic nitrogens is 2. The molecule has 4 nitrogen and oxygen atoms in total. The number of hydrogen-bond acceptors (Lipinski definition) is 3. The van der Waals surface area contributed by atoms with E-state index in [9.17, 15) is 18.0 Å². The van der Waals surface area contributed by atoms with Crippen LogP contribution in [-0.4, -0.2) is 22.0 Å². The highest BCUT2D eigenvalue weighted by atomic mass is 79.9. The van der Waals surface area contributed by atoms with Crippen LogP contribution >= 0.6 is 15.9 Å². The van der Waals surface area contributed by atoms with E-state index in [0.29, 0.717) is 10.4 Å². The summed E-state index contributed by atoms with van der Waals surface area (Å²) in [5.74, 6) is 0. The quantitative estimate of drug-likeness (QED) is 0.888. The molecule has 1 aliphatic carbocycles. The van der Waals surface area contributed by atoms with E-state index >= 15 is 0 Å². The lowest BCUT2D eigenvalue weighted by Crippen LogP contribution is -2.34. The van der Waals surface area contributed by atoms with E-state index in [-0.39, 0.29) is 15.9 Å². The predicted octanol–water partition coefficient (Wildman–Crippen LogP) is 3.56.